The van der Waals surface area contributed by atoms with Gasteiger partial charge in [-0.3, -0.25) is 4.79 Å². The minimum absolute atomic E-state index is 0.0493. The fourth-order valence-electron chi connectivity index (χ4n) is 2.47. The predicted octanol–water partition coefficient (Wildman–Crippen LogP) is 2.52. The van der Waals surface area contributed by atoms with Gasteiger partial charge in [-0.2, -0.15) is 0 Å². The average Bonchev–Trinajstić information content (AvgIpc) is 2.30. The maximum Gasteiger partial charge on any atom is 0.308 e. The number of carboxylic acid groups (broad SMARTS) is 1. The fourth-order valence-corrected chi connectivity index (χ4v) is 2.47. The molecule has 17 heavy (non-hydrogen) atoms. The Bertz CT molecular complexity index is 404. The first kappa shape index (κ1) is 11.9. The summed E-state index contributed by atoms with van der Waals surface area (Å²) in [5, 5.41) is 9.13. The molecule has 0 aliphatic carbocycles. The van der Waals surface area contributed by atoms with E-state index in [9.17, 15) is 9.18 Å². The average molecular weight is 237 g/mol. The zero-order valence-corrected chi connectivity index (χ0v) is 9.77. The maximum absolute atomic E-state index is 12.8. The molecule has 0 amide bonds. The minimum Gasteiger partial charge on any atom is -0.481 e. The number of benzene rings is 1. The van der Waals surface area contributed by atoms with Gasteiger partial charge < -0.3 is 10.0 Å². The monoisotopic (exact) mass is 237 g/mol. The summed E-state index contributed by atoms with van der Waals surface area (Å²) in [4.78, 5) is 13.2. The van der Waals surface area contributed by atoms with E-state index in [-0.39, 0.29) is 17.8 Å². The Morgan fingerprint density at radius 1 is 1.41 bits per heavy atom. The van der Waals surface area contributed by atoms with Crippen molar-refractivity contribution < 1.29 is 14.3 Å². The third-order valence-electron chi connectivity index (χ3n) is 3.46. The molecule has 1 aliphatic heterocycles. The summed E-state index contributed by atoms with van der Waals surface area (Å²) in [7, 11) is 0. The summed E-state index contributed by atoms with van der Waals surface area (Å²) in [5.41, 5.74) is 0.893. The molecule has 1 N–H and O–H groups in total. The van der Waals surface area contributed by atoms with Gasteiger partial charge in [-0.1, -0.05) is 0 Å². The molecule has 0 spiro atoms. The number of nitrogens with zero attached hydrogens (tertiary/aromatic N) is 1. The predicted molar refractivity (Wildman–Crippen MR) is 63.6 cm³/mol. The number of halogens is 1. The van der Waals surface area contributed by atoms with Crippen molar-refractivity contribution in [3.05, 3.63) is 30.1 Å². The van der Waals surface area contributed by atoms with Crippen LogP contribution in [0.5, 0.6) is 0 Å². The van der Waals surface area contributed by atoms with Crippen molar-refractivity contribution >= 4 is 11.7 Å². The molecule has 4 heteroatoms. The van der Waals surface area contributed by atoms with Crippen LogP contribution in [0.25, 0.3) is 0 Å². The fraction of sp³-hybridized carbons (Fsp3) is 0.462. The van der Waals surface area contributed by atoms with E-state index in [0.29, 0.717) is 6.42 Å². The van der Waals surface area contributed by atoms with Gasteiger partial charge in [0.05, 0.1) is 5.92 Å². The molecule has 1 heterocycles. The molecule has 0 bridgehead atoms. The van der Waals surface area contributed by atoms with Gasteiger partial charge in [0.1, 0.15) is 5.82 Å². The molecule has 0 unspecified atom stereocenters. The van der Waals surface area contributed by atoms with Crippen LogP contribution in [-0.2, 0) is 4.79 Å². The molecule has 0 radical (unpaired) electrons. The highest BCUT2D eigenvalue weighted by Gasteiger charge is 2.32. The largest absolute Gasteiger partial charge is 0.481 e. The molecule has 2 rings (SSSR count). The molecule has 92 valence electrons. The molecule has 0 aromatic heterocycles. The van der Waals surface area contributed by atoms with E-state index in [2.05, 4.69) is 0 Å². The summed E-state index contributed by atoms with van der Waals surface area (Å²) in [6.45, 7) is 2.75. The van der Waals surface area contributed by atoms with Crippen molar-refractivity contribution in [3.8, 4) is 0 Å². The number of aliphatic carboxylic acids is 1. The Morgan fingerprint density at radius 3 is 2.65 bits per heavy atom. The van der Waals surface area contributed by atoms with Gasteiger partial charge in [0.15, 0.2) is 0 Å². The van der Waals surface area contributed by atoms with Crippen LogP contribution in [0, 0.1) is 11.7 Å². The van der Waals surface area contributed by atoms with Crippen LogP contribution in [-0.4, -0.2) is 23.7 Å². The zero-order valence-electron chi connectivity index (χ0n) is 9.77. The van der Waals surface area contributed by atoms with Gasteiger partial charge in [0.25, 0.3) is 0 Å². The van der Waals surface area contributed by atoms with Crippen molar-refractivity contribution in [1.82, 2.24) is 0 Å². The van der Waals surface area contributed by atoms with Crippen molar-refractivity contribution in [2.45, 2.75) is 25.8 Å². The Kier molecular flexibility index (Phi) is 3.31. The summed E-state index contributed by atoms with van der Waals surface area (Å²) >= 11 is 0. The number of rotatable bonds is 2. The van der Waals surface area contributed by atoms with Gasteiger partial charge >= 0.3 is 5.97 Å². The molecule has 1 aromatic carbocycles. The normalized spacial score (nSPS) is 24.7. The molecule has 1 fully saturated rings. The summed E-state index contributed by atoms with van der Waals surface area (Å²) in [6.07, 6.45) is 1.58. The molecule has 1 aliphatic rings. The maximum atomic E-state index is 12.8. The van der Waals surface area contributed by atoms with Gasteiger partial charge in [-0.15, -0.1) is 0 Å². The third-order valence-corrected chi connectivity index (χ3v) is 3.46. The topological polar surface area (TPSA) is 40.5 Å². The van der Waals surface area contributed by atoms with Gasteiger partial charge in [-0.05, 0) is 44.0 Å². The number of piperidine rings is 1. The second-order valence-corrected chi connectivity index (χ2v) is 4.50. The second-order valence-electron chi connectivity index (χ2n) is 4.50. The van der Waals surface area contributed by atoms with E-state index in [4.69, 9.17) is 5.11 Å². The Hall–Kier alpha value is -1.58. The molecular formula is C13H16FNO2. The molecular weight excluding hydrogens is 221 g/mol. The van der Waals surface area contributed by atoms with E-state index < -0.39 is 5.97 Å². The van der Waals surface area contributed by atoms with Crippen LogP contribution >= 0.6 is 0 Å². The smallest absolute Gasteiger partial charge is 0.308 e. The highest BCUT2D eigenvalue weighted by molar-refractivity contribution is 5.72. The number of anilines is 1. The van der Waals surface area contributed by atoms with Crippen LogP contribution in [0.1, 0.15) is 19.8 Å². The van der Waals surface area contributed by atoms with Crippen LogP contribution in [0.15, 0.2) is 24.3 Å². The molecule has 3 nitrogen and oxygen atoms in total. The lowest BCUT2D eigenvalue weighted by Gasteiger charge is -2.39. The molecule has 2 atom stereocenters. The number of hydrogen-bond donors (Lipinski definition) is 1. The lowest BCUT2D eigenvalue weighted by molar-refractivity contribution is -0.143. The first-order chi connectivity index (χ1) is 8.09. The van der Waals surface area contributed by atoms with Crippen LogP contribution in [0.4, 0.5) is 10.1 Å². The highest BCUT2D eigenvalue weighted by Crippen LogP contribution is 2.28. The van der Waals surface area contributed by atoms with E-state index in [0.717, 1.165) is 18.7 Å². The summed E-state index contributed by atoms with van der Waals surface area (Å²) < 4.78 is 12.8. The van der Waals surface area contributed by atoms with E-state index in [1.807, 2.05) is 11.8 Å². The Morgan fingerprint density at radius 2 is 2.06 bits per heavy atom. The number of carboxylic acids is 1. The second kappa shape index (κ2) is 4.73. The molecule has 1 saturated heterocycles. The van der Waals surface area contributed by atoms with Crippen molar-refractivity contribution in [3.63, 3.8) is 0 Å². The van der Waals surface area contributed by atoms with E-state index in [1.54, 1.807) is 12.1 Å². The van der Waals surface area contributed by atoms with Crippen LogP contribution in [0.3, 0.4) is 0 Å². The Labute approximate surface area is 99.9 Å². The lowest BCUT2D eigenvalue weighted by Crippen LogP contribution is -2.46. The third kappa shape index (κ3) is 2.40. The lowest BCUT2D eigenvalue weighted by atomic mass is 9.90. The molecule has 1 aromatic rings. The van der Waals surface area contributed by atoms with E-state index in [1.165, 1.54) is 12.1 Å². The summed E-state index contributed by atoms with van der Waals surface area (Å²) in [6, 6.07) is 6.18. The number of carbonyl (C=O) groups is 1. The highest BCUT2D eigenvalue weighted by atomic mass is 19.1. The van der Waals surface area contributed by atoms with Gasteiger partial charge in [0.2, 0.25) is 0 Å². The van der Waals surface area contributed by atoms with Crippen molar-refractivity contribution in [1.29, 1.82) is 0 Å². The summed E-state index contributed by atoms with van der Waals surface area (Å²) in [5.74, 6) is -1.36. The van der Waals surface area contributed by atoms with E-state index >= 15 is 0 Å². The van der Waals surface area contributed by atoms with Crippen LogP contribution < -0.4 is 4.90 Å². The zero-order chi connectivity index (χ0) is 12.4. The van der Waals surface area contributed by atoms with Crippen molar-refractivity contribution in [2.24, 2.45) is 5.92 Å². The SMILES string of the molecule is C[C@@H]1[C@@H](C(=O)O)CCCN1c1ccc(F)cc1. The van der Waals surface area contributed by atoms with Gasteiger partial charge in [0, 0.05) is 18.3 Å². The molecule has 0 saturated carbocycles. The van der Waals surface area contributed by atoms with Crippen LogP contribution in [0.2, 0.25) is 0 Å². The quantitative estimate of drug-likeness (QED) is 0.859. The first-order valence-electron chi connectivity index (χ1n) is 5.84. The standard InChI is InChI=1S/C13H16FNO2/c1-9-12(13(16)17)3-2-8-15(9)11-6-4-10(14)5-7-11/h4-7,9,12H,2-3,8H2,1H3,(H,16,17)/t9-,12+/m1/s1. The van der Waals surface area contributed by atoms with Crippen molar-refractivity contribution in [2.75, 3.05) is 11.4 Å². The Balaban J connectivity index is 2.20. The number of hydrogen-bond acceptors (Lipinski definition) is 2. The first-order valence-corrected chi connectivity index (χ1v) is 5.84. The van der Waals surface area contributed by atoms with Gasteiger partial charge in [-0.25, -0.2) is 4.39 Å². The minimum atomic E-state index is -0.746.